The molecule has 0 aliphatic carbocycles. The Bertz CT molecular complexity index is 284. The summed E-state index contributed by atoms with van der Waals surface area (Å²) >= 11 is 1.84. The Labute approximate surface area is 109 Å². The normalized spacial score (nSPS) is 15.1. The summed E-state index contributed by atoms with van der Waals surface area (Å²) in [6.45, 7) is 7.33. The molecule has 2 atom stereocenters. The lowest BCUT2D eigenvalue weighted by molar-refractivity contribution is 0.00341. The highest BCUT2D eigenvalue weighted by Gasteiger charge is 2.23. The molecular formula is C14H25NOS. The molecule has 1 aromatic rings. The Morgan fingerprint density at radius 1 is 1.41 bits per heavy atom. The third-order valence-electron chi connectivity index (χ3n) is 3.07. The summed E-state index contributed by atoms with van der Waals surface area (Å²) in [5.74, 6) is 0.552. The van der Waals surface area contributed by atoms with Gasteiger partial charge in [-0.1, -0.05) is 19.9 Å². The fraction of sp³-hybridized carbons (Fsp3) is 0.714. The van der Waals surface area contributed by atoms with Gasteiger partial charge in [0.2, 0.25) is 0 Å². The van der Waals surface area contributed by atoms with Crippen molar-refractivity contribution in [3.05, 3.63) is 22.4 Å². The van der Waals surface area contributed by atoms with Crippen LogP contribution in [0.5, 0.6) is 0 Å². The van der Waals surface area contributed by atoms with Crippen molar-refractivity contribution in [1.82, 2.24) is 5.32 Å². The third kappa shape index (κ3) is 4.78. The van der Waals surface area contributed by atoms with Gasteiger partial charge in [-0.3, -0.25) is 0 Å². The van der Waals surface area contributed by atoms with Gasteiger partial charge in [-0.15, -0.1) is 11.3 Å². The molecule has 1 N–H and O–H groups in total. The minimum absolute atomic E-state index is 0.310. The standard InChI is InChI=1S/C14H25NOS/c1-5-16-14(11(2)3)13(15-4)9-8-12-7-6-10-17-12/h6-7,10-11,13-15H,5,8-9H2,1-4H3. The summed E-state index contributed by atoms with van der Waals surface area (Å²) in [5.41, 5.74) is 0. The summed E-state index contributed by atoms with van der Waals surface area (Å²) in [7, 11) is 2.04. The van der Waals surface area contributed by atoms with Crippen molar-refractivity contribution in [1.29, 1.82) is 0 Å². The van der Waals surface area contributed by atoms with Crippen LogP contribution >= 0.6 is 11.3 Å². The predicted molar refractivity (Wildman–Crippen MR) is 75.7 cm³/mol. The zero-order chi connectivity index (χ0) is 12.7. The number of ether oxygens (including phenoxy) is 1. The molecule has 0 fully saturated rings. The van der Waals surface area contributed by atoms with E-state index in [9.17, 15) is 0 Å². The maximum Gasteiger partial charge on any atom is 0.0750 e. The molecule has 0 saturated heterocycles. The van der Waals surface area contributed by atoms with Crippen LogP contribution in [0.1, 0.15) is 32.1 Å². The highest BCUT2D eigenvalue weighted by atomic mass is 32.1. The van der Waals surface area contributed by atoms with Crippen LogP contribution in [0.15, 0.2) is 17.5 Å². The highest BCUT2D eigenvalue weighted by molar-refractivity contribution is 7.09. The van der Waals surface area contributed by atoms with Crippen molar-refractivity contribution in [3.8, 4) is 0 Å². The summed E-state index contributed by atoms with van der Waals surface area (Å²) in [6, 6.07) is 4.77. The van der Waals surface area contributed by atoms with Crippen LogP contribution in [0.3, 0.4) is 0 Å². The molecule has 0 aromatic carbocycles. The van der Waals surface area contributed by atoms with Crippen LogP contribution in [-0.2, 0) is 11.2 Å². The van der Waals surface area contributed by atoms with Crippen molar-refractivity contribution >= 4 is 11.3 Å². The maximum absolute atomic E-state index is 5.87. The second-order valence-electron chi connectivity index (χ2n) is 4.68. The molecule has 0 saturated carbocycles. The smallest absolute Gasteiger partial charge is 0.0750 e. The molecule has 0 spiro atoms. The Hall–Kier alpha value is -0.380. The minimum atomic E-state index is 0.310. The molecule has 0 radical (unpaired) electrons. The van der Waals surface area contributed by atoms with E-state index in [1.807, 2.05) is 18.4 Å². The van der Waals surface area contributed by atoms with Crippen molar-refractivity contribution < 1.29 is 4.74 Å². The molecule has 2 unspecified atom stereocenters. The van der Waals surface area contributed by atoms with E-state index in [-0.39, 0.29) is 0 Å². The lowest BCUT2D eigenvalue weighted by Gasteiger charge is -2.29. The van der Waals surface area contributed by atoms with Crippen LogP contribution in [0.4, 0.5) is 0 Å². The quantitative estimate of drug-likeness (QED) is 0.769. The number of thiophene rings is 1. The van der Waals surface area contributed by atoms with E-state index in [0.29, 0.717) is 18.1 Å². The summed E-state index contributed by atoms with van der Waals surface area (Å²) in [4.78, 5) is 1.46. The number of aryl methyl sites for hydroxylation is 1. The number of rotatable bonds is 8. The molecule has 2 nitrogen and oxygen atoms in total. The van der Waals surface area contributed by atoms with E-state index < -0.39 is 0 Å². The van der Waals surface area contributed by atoms with Gasteiger partial charge in [0.1, 0.15) is 0 Å². The molecule has 1 heterocycles. The first-order valence-corrected chi connectivity index (χ1v) is 7.38. The van der Waals surface area contributed by atoms with Crippen LogP contribution in [-0.4, -0.2) is 25.8 Å². The van der Waals surface area contributed by atoms with E-state index >= 15 is 0 Å². The minimum Gasteiger partial charge on any atom is -0.377 e. The van der Waals surface area contributed by atoms with Gasteiger partial charge in [0.25, 0.3) is 0 Å². The average molecular weight is 255 g/mol. The second kappa shape index (κ2) is 7.85. The molecule has 17 heavy (non-hydrogen) atoms. The lowest BCUT2D eigenvalue weighted by atomic mass is 9.95. The van der Waals surface area contributed by atoms with Gasteiger partial charge in [-0.05, 0) is 44.2 Å². The van der Waals surface area contributed by atoms with Gasteiger partial charge in [0.05, 0.1) is 6.10 Å². The highest BCUT2D eigenvalue weighted by Crippen LogP contribution is 2.18. The lowest BCUT2D eigenvalue weighted by Crippen LogP contribution is -2.42. The van der Waals surface area contributed by atoms with Crippen LogP contribution in [0.25, 0.3) is 0 Å². The first kappa shape index (κ1) is 14.7. The Morgan fingerprint density at radius 2 is 2.18 bits per heavy atom. The van der Waals surface area contributed by atoms with E-state index in [2.05, 4.69) is 43.6 Å². The first-order valence-electron chi connectivity index (χ1n) is 6.50. The van der Waals surface area contributed by atoms with Gasteiger partial charge >= 0.3 is 0 Å². The molecule has 1 aromatic heterocycles. The molecular weight excluding hydrogens is 230 g/mol. The van der Waals surface area contributed by atoms with Crippen LogP contribution in [0.2, 0.25) is 0 Å². The van der Waals surface area contributed by atoms with Gasteiger partial charge in [-0.2, -0.15) is 0 Å². The maximum atomic E-state index is 5.87. The molecule has 3 heteroatoms. The number of likely N-dealkylation sites (N-methyl/N-ethyl adjacent to an activating group) is 1. The second-order valence-corrected chi connectivity index (χ2v) is 5.71. The van der Waals surface area contributed by atoms with Crippen LogP contribution in [0, 0.1) is 5.92 Å². The molecule has 98 valence electrons. The van der Waals surface area contributed by atoms with Gasteiger partial charge < -0.3 is 10.1 Å². The number of nitrogens with one attached hydrogen (secondary N) is 1. The molecule has 0 aliphatic rings. The van der Waals surface area contributed by atoms with E-state index in [1.54, 1.807) is 0 Å². The fourth-order valence-corrected chi connectivity index (χ4v) is 2.92. The number of hydrogen-bond acceptors (Lipinski definition) is 3. The van der Waals surface area contributed by atoms with Gasteiger partial charge in [0.15, 0.2) is 0 Å². The monoisotopic (exact) mass is 255 g/mol. The van der Waals surface area contributed by atoms with Crippen molar-refractivity contribution in [2.45, 2.75) is 45.8 Å². The molecule has 0 bridgehead atoms. The zero-order valence-corrected chi connectivity index (χ0v) is 12.2. The third-order valence-corrected chi connectivity index (χ3v) is 4.00. The zero-order valence-electron chi connectivity index (χ0n) is 11.4. The van der Waals surface area contributed by atoms with Crippen molar-refractivity contribution in [2.75, 3.05) is 13.7 Å². The summed E-state index contributed by atoms with van der Waals surface area (Å²) in [5, 5.41) is 5.56. The average Bonchev–Trinajstić information content (AvgIpc) is 2.81. The van der Waals surface area contributed by atoms with Crippen molar-refractivity contribution in [3.63, 3.8) is 0 Å². The van der Waals surface area contributed by atoms with Gasteiger partial charge in [0, 0.05) is 17.5 Å². The summed E-state index contributed by atoms with van der Waals surface area (Å²) < 4.78 is 5.87. The van der Waals surface area contributed by atoms with E-state index in [4.69, 9.17) is 4.74 Å². The van der Waals surface area contributed by atoms with Crippen LogP contribution < -0.4 is 5.32 Å². The number of hydrogen-bond donors (Lipinski definition) is 1. The molecule has 0 amide bonds. The van der Waals surface area contributed by atoms with E-state index in [1.165, 1.54) is 4.88 Å². The Balaban J connectivity index is 2.50. The topological polar surface area (TPSA) is 21.3 Å². The summed E-state index contributed by atoms with van der Waals surface area (Å²) in [6.07, 6.45) is 2.59. The SMILES string of the molecule is CCOC(C(C)C)C(CCc1cccs1)NC. The van der Waals surface area contributed by atoms with E-state index in [0.717, 1.165) is 19.4 Å². The Morgan fingerprint density at radius 3 is 2.65 bits per heavy atom. The molecule has 1 rings (SSSR count). The largest absolute Gasteiger partial charge is 0.377 e. The predicted octanol–water partition coefficient (Wildman–Crippen LogP) is 3.33. The first-order chi connectivity index (χ1) is 8.19. The molecule has 0 aliphatic heterocycles. The Kier molecular flexibility index (Phi) is 6.78. The van der Waals surface area contributed by atoms with Gasteiger partial charge in [-0.25, -0.2) is 0 Å². The van der Waals surface area contributed by atoms with Crippen molar-refractivity contribution in [2.24, 2.45) is 5.92 Å². The fourth-order valence-electron chi connectivity index (χ4n) is 2.19.